The van der Waals surface area contributed by atoms with Gasteiger partial charge >= 0.3 is 0 Å². The molecule has 90 valence electrons. The van der Waals surface area contributed by atoms with Crippen LogP contribution in [0.4, 0.5) is 10.1 Å². The van der Waals surface area contributed by atoms with Gasteiger partial charge in [0.25, 0.3) is 5.91 Å². The van der Waals surface area contributed by atoms with Crippen LogP contribution in [0, 0.1) is 5.82 Å². The predicted octanol–water partition coefficient (Wildman–Crippen LogP) is 3.02. The van der Waals surface area contributed by atoms with Crippen LogP contribution in [0.5, 0.6) is 0 Å². The highest BCUT2D eigenvalue weighted by Crippen LogP contribution is 2.26. The maximum atomic E-state index is 13.0. The molecule has 18 heavy (non-hydrogen) atoms. The molecule has 0 unspecified atom stereocenters. The Balaban J connectivity index is 1.92. The molecule has 6 heteroatoms. The van der Waals surface area contributed by atoms with Crippen LogP contribution in [0.3, 0.4) is 0 Å². The molecule has 1 amide bonds. The molecule has 3 aromatic rings. The minimum absolute atomic E-state index is 0.224. The van der Waals surface area contributed by atoms with Gasteiger partial charge in [0, 0.05) is 10.9 Å². The van der Waals surface area contributed by atoms with E-state index in [0.29, 0.717) is 10.6 Å². The van der Waals surface area contributed by atoms with Crippen LogP contribution in [0.15, 0.2) is 36.7 Å². The molecule has 4 nitrogen and oxygen atoms in total. The molecule has 0 aliphatic rings. The summed E-state index contributed by atoms with van der Waals surface area (Å²) < 4.78 is 13.9. The fourth-order valence-corrected chi connectivity index (χ4v) is 2.58. The Hall–Kier alpha value is -2.21. The molecule has 1 aromatic carbocycles. The fourth-order valence-electron chi connectivity index (χ4n) is 1.64. The molecule has 2 N–H and O–H groups in total. The maximum absolute atomic E-state index is 13.0. The van der Waals surface area contributed by atoms with Crippen LogP contribution < -0.4 is 5.32 Å². The van der Waals surface area contributed by atoms with Crippen molar-refractivity contribution in [2.75, 3.05) is 5.32 Å². The topological polar surface area (TPSA) is 57.8 Å². The number of rotatable bonds is 2. The van der Waals surface area contributed by atoms with Crippen LogP contribution in [0.2, 0.25) is 0 Å². The molecule has 0 aliphatic carbocycles. The number of H-pyrrole nitrogens is 1. The highest BCUT2D eigenvalue weighted by molar-refractivity contribution is 7.20. The molecule has 3 rings (SSSR count). The first kappa shape index (κ1) is 10.9. The first-order chi connectivity index (χ1) is 8.72. The van der Waals surface area contributed by atoms with E-state index in [-0.39, 0.29) is 11.7 Å². The summed E-state index contributed by atoms with van der Waals surface area (Å²) in [6.45, 7) is 0. The number of carbonyl (C=O) groups is 1. The van der Waals surface area contributed by atoms with Crippen molar-refractivity contribution < 1.29 is 9.18 Å². The molecule has 0 bridgehead atoms. The maximum Gasteiger partial charge on any atom is 0.265 e. The van der Waals surface area contributed by atoms with E-state index in [2.05, 4.69) is 15.5 Å². The Labute approximate surface area is 105 Å². The minimum atomic E-state index is -0.304. The third kappa shape index (κ3) is 1.98. The van der Waals surface area contributed by atoms with Crippen LogP contribution in [-0.4, -0.2) is 16.1 Å². The van der Waals surface area contributed by atoms with Crippen LogP contribution in [0.25, 0.3) is 10.1 Å². The van der Waals surface area contributed by atoms with Gasteiger partial charge in [0.2, 0.25) is 0 Å². The molecular weight excluding hydrogens is 253 g/mol. The third-order valence-electron chi connectivity index (χ3n) is 2.46. The highest BCUT2D eigenvalue weighted by Gasteiger charge is 2.11. The normalized spacial score (nSPS) is 10.7. The largest absolute Gasteiger partial charge is 0.319 e. The van der Waals surface area contributed by atoms with Gasteiger partial charge in [-0.15, -0.1) is 11.3 Å². The van der Waals surface area contributed by atoms with Crippen molar-refractivity contribution in [3.05, 3.63) is 47.4 Å². The van der Waals surface area contributed by atoms with E-state index < -0.39 is 0 Å². The summed E-state index contributed by atoms with van der Waals surface area (Å²) in [6, 6.07) is 6.15. The molecule has 2 heterocycles. The highest BCUT2D eigenvalue weighted by atomic mass is 32.1. The predicted molar refractivity (Wildman–Crippen MR) is 68.3 cm³/mol. The third-order valence-corrected chi connectivity index (χ3v) is 3.57. The summed E-state index contributed by atoms with van der Waals surface area (Å²) in [6.07, 6.45) is 3.11. The van der Waals surface area contributed by atoms with Gasteiger partial charge < -0.3 is 5.32 Å². The van der Waals surface area contributed by atoms with Crippen molar-refractivity contribution in [1.82, 2.24) is 10.2 Å². The fraction of sp³-hybridized carbons (Fsp3) is 0. The number of benzene rings is 1. The van der Waals surface area contributed by atoms with Gasteiger partial charge in [-0.2, -0.15) is 5.10 Å². The summed E-state index contributed by atoms with van der Waals surface area (Å²) in [4.78, 5) is 12.5. The second kappa shape index (κ2) is 4.23. The van der Waals surface area contributed by atoms with Crippen molar-refractivity contribution >= 4 is 33.0 Å². The Morgan fingerprint density at radius 1 is 1.39 bits per heavy atom. The standard InChI is InChI=1S/C12H8FN3OS/c13-8-1-2-10-7(3-8)4-11(18-10)12(17)16-9-5-14-15-6-9/h1-6H,(H,14,15)(H,16,17). The van der Waals surface area contributed by atoms with Crippen molar-refractivity contribution in [3.8, 4) is 0 Å². The Kier molecular flexibility index (Phi) is 2.56. The summed E-state index contributed by atoms with van der Waals surface area (Å²) in [7, 11) is 0. The first-order valence-electron chi connectivity index (χ1n) is 5.21. The molecular formula is C12H8FN3OS. The first-order valence-corrected chi connectivity index (χ1v) is 6.03. The van der Waals surface area contributed by atoms with Crippen LogP contribution in [0.1, 0.15) is 9.67 Å². The second-order valence-corrected chi connectivity index (χ2v) is 4.82. The van der Waals surface area contributed by atoms with Gasteiger partial charge in [-0.1, -0.05) is 0 Å². The number of aromatic amines is 1. The summed E-state index contributed by atoms with van der Waals surface area (Å²) in [5.41, 5.74) is 0.601. The lowest BCUT2D eigenvalue weighted by Gasteiger charge is -1.97. The second-order valence-electron chi connectivity index (χ2n) is 3.73. The van der Waals surface area contributed by atoms with Gasteiger partial charge in [-0.05, 0) is 29.7 Å². The van der Waals surface area contributed by atoms with Crippen molar-refractivity contribution in [3.63, 3.8) is 0 Å². The average molecular weight is 261 g/mol. The minimum Gasteiger partial charge on any atom is -0.319 e. The van der Waals surface area contributed by atoms with E-state index in [1.54, 1.807) is 18.3 Å². The SMILES string of the molecule is O=C(Nc1cn[nH]c1)c1cc2cc(F)ccc2s1. The number of nitrogens with zero attached hydrogens (tertiary/aromatic N) is 1. The number of halogens is 1. The number of amides is 1. The van der Waals surface area contributed by atoms with Gasteiger partial charge in [-0.25, -0.2) is 4.39 Å². The Morgan fingerprint density at radius 2 is 2.28 bits per heavy atom. The molecule has 0 fully saturated rings. The summed E-state index contributed by atoms with van der Waals surface area (Å²) in [5.74, 6) is -0.528. The number of anilines is 1. The van der Waals surface area contributed by atoms with Gasteiger partial charge in [0.15, 0.2) is 0 Å². The molecule has 0 spiro atoms. The zero-order valence-electron chi connectivity index (χ0n) is 9.11. The van der Waals surface area contributed by atoms with E-state index in [0.717, 1.165) is 10.1 Å². The molecule has 0 radical (unpaired) electrons. The summed E-state index contributed by atoms with van der Waals surface area (Å²) in [5, 5.41) is 9.78. The van der Waals surface area contributed by atoms with Crippen molar-refractivity contribution in [1.29, 1.82) is 0 Å². The average Bonchev–Trinajstić information content (AvgIpc) is 2.96. The molecule has 0 atom stereocenters. The van der Waals surface area contributed by atoms with Gasteiger partial charge in [-0.3, -0.25) is 9.89 Å². The molecule has 0 aliphatic heterocycles. The number of hydrogen-bond donors (Lipinski definition) is 2. The lowest BCUT2D eigenvalue weighted by atomic mass is 10.2. The number of fused-ring (bicyclic) bond motifs is 1. The smallest absolute Gasteiger partial charge is 0.265 e. The van der Waals surface area contributed by atoms with E-state index in [9.17, 15) is 9.18 Å². The summed E-state index contributed by atoms with van der Waals surface area (Å²) >= 11 is 1.33. The number of thiophene rings is 1. The zero-order valence-corrected chi connectivity index (χ0v) is 9.92. The molecule has 0 saturated carbocycles. The van der Waals surface area contributed by atoms with E-state index >= 15 is 0 Å². The lowest BCUT2D eigenvalue weighted by molar-refractivity contribution is 0.103. The molecule has 0 saturated heterocycles. The number of nitrogens with one attached hydrogen (secondary N) is 2. The Morgan fingerprint density at radius 3 is 3.06 bits per heavy atom. The van der Waals surface area contributed by atoms with E-state index in [4.69, 9.17) is 0 Å². The van der Waals surface area contributed by atoms with Gasteiger partial charge in [0.05, 0.1) is 16.8 Å². The Bertz CT molecular complexity index is 705. The number of hydrogen-bond acceptors (Lipinski definition) is 3. The quantitative estimate of drug-likeness (QED) is 0.745. The van der Waals surface area contributed by atoms with Crippen LogP contribution >= 0.6 is 11.3 Å². The van der Waals surface area contributed by atoms with E-state index in [1.165, 1.54) is 29.7 Å². The van der Waals surface area contributed by atoms with Crippen LogP contribution in [-0.2, 0) is 0 Å². The zero-order chi connectivity index (χ0) is 12.5. The monoisotopic (exact) mass is 261 g/mol. The van der Waals surface area contributed by atoms with Gasteiger partial charge in [0.1, 0.15) is 5.82 Å². The number of aromatic nitrogens is 2. The lowest BCUT2D eigenvalue weighted by Crippen LogP contribution is -2.09. The molecule has 2 aromatic heterocycles. The van der Waals surface area contributed by atoms with Crippen molar-refractivity contribution in [2.45, 2.75) is 0 Å². The van der Waals surface area contributed by atoms with Crippen molar-refractivity contribution in [2.24, 2.45) is 0 Å². The van der Waals surface area contributed by atoms with E-state index in [1.807, 2.05) is 0 Å². The number of carbonyl (C=O) groups excluding carboxylic acids is 1.